The summed E-state index contributed by atoms with van der Waals surface area (Å²) in [5.74, 6) is 0.764. The molecule has 2 rings (SSSR count). The number of carbonyl (C=O) groups excluding carboxylic acids is 1. The fourth-order valence-electron chi connectivity index (χ4n) is 2.28. The fraction of sp³-hybridized carbons (Fsp3) is 0.750. The van der Waals surface area contributed by atoms with E-state index < -0.39 is 11.1 Å². The van der Waals surface area contributed by atoms with Gasteiger partial charge in [0.05, 0.1) is 23.8 Å². The molecule has 0 aromatic carbocycles. The van der Waals surface area contributed by atoms with E-state index in [0.717, 1.165) is 18.2 Å². The number of hydrogen-bond acceptors (Lipinski definition) is 3. The second-order valence-corrected chi connectivity index (χ2v) is 7.47. The molecule has 1 fully saturated rings. The first kappa shape index (κ1) is 15.9. The van der Waals surface area contributed by atoms with Crippen LogP contribution in [0.5, 0.6) is 0 Å². The largest absolute Gasteiger partial charge is 0.444 e. The second-order valence-electron chi connectivity index (χ2n) is 7.47. The summed E-state index contributed by atoms with van der Waals surface area (Å²) >= 11 is 0. The molecule has 1 aromatic heterocycles. The van der Waals surface area contributed by atoms with Gasteiger partial charge in [0.2, 0.25) is 0 Å². The monoisotopic (exact) mass is 293 g/mol. The third-order valence-electron chi connectivity index (χ3n) is 4.00. The van der Waals surface area contributed by atoms with Crippen molar-refractivity contribution in [3.63, 3.8) is 0 Å². The zero-order chi connectivity index (χ0) is 15.8. The van der Waals surface area contributed by atoms with Crippen LogP contribution in [0.4, 0.5) is 4.79 Å². The minimum Gasteiger partial charge on any atom is -0.444 e. The van der Waals surface area contributed by atoms with Crippen LogP contribution in [0.1, 0.15) is 53.2 Å². The number of nitrogens with zero attached hydrogens (tertiary/aromatic N) is 3. The Morgan fingerprint density at radius 1 is 1.38 bits per heavy atom. The molecule has 5 heteroatoms. The van der Waals surface area contributed by atoms with Gasteiger partial charge in [-0.3, -0.25) is 0 Å². The van der Waals surface area contributed by atoms with Crippen LogP contribution in [-0.4, -0.2) is 33.2 Å². The van der Waals surface area contributed by atoms with Crippen LogP contribution in [0.2, 0.25) is 0 Å². The maximum absolute atomic E-state index is 12.3. The summed E-state index contributed by atoms with van der Waals surface area (Å²) < 4.78 is 7.64. The van der Waals surface area contributed by atoms with Crippen LogP contribution in [0.15, 0.2) is 12.5 Å². The third kappa shape index (κ3) is 3.77. The minimum absolute atomic E-state index is 0.313. The molecule has 0 saturated heterocycles. The minimum atomic E-state index is -0.490. The molecule has 1 saturated carbocycles. The van der Waals surface area contributed by atoms with E-state index >= 15 is 0 Å². The standard InChI is InChI=1S/C16H27N3O2/c1-15(2,3)21-14(20)18(6)16(4,5)13-9-17-11-19(13)10-12-7-8-12/h9,11-12H,7-8,10H2,1-6H3. The summed E-state index contributed by atoms with van der Waals surface area (Å²) in [5, 5.41) is 0. The molecular formula is C16H27N3O2. The molecule has 0 N–H and O–H groups in total. The summed E-state index contributed by atoms with van der Waals surface area (Å²) in [4.78, 5) is 18.2. The SMILES string of the molecule is CN(C(=O)OC(C)(C)C)C(C)(C)c1cncn1CC1CC1. The molecular weight excluding hydrogens is 266 g/mol. The lowest BCUT2D eigenvalue weighted by Gasteiger charge is -2.37. The number of ether oxygens (including phenoxy) is 1. The van der Waals surface area contributed by atoms with Gasteiger partial charge in [0.25, 0.3) is 0 Å². The summed E-state index contributed by atoms with van der Waals surface area (Å²) in [6, 6.07) is 0. The highest BCUT2D eigenvalue weighted by Gasteiger charge is 2.36. The van der Waals surface area contributed by atoms with E-state index in [9.17, 15) is 4.79 Å². The van der Waals surface area contributed by atoms with Crippen LogP contribution >= 0.6 is 0 Å². The molecule has 0 atom stereocenters. The zero-order valence-corrected chi connectivity index (χ0v) is 14.0. The molecule has 5 nitrogen and oxygen atoms in total. The lowest BCUT2D eigenvalue weighted by Crippen LogP contribution is -2.46. The average molecular weight is 293 g/mol. The third-order valence-corrected chi connectivity index (χ3v) is 4.00. The van der Waals surface area contributed by atoms with Crippen molar-refractivity contribution in [1.82, 2.24) is 14.5 Å². The fourth-order valence-corrected chi connectivity index (χ4v) is 2.28. The van der Waals surface area contributed by atoms with E-state index in [1.807, 2.05) is 47.1 Å². The van der Waals surface area contributed by atoms with Crippen LogP contribution < -0.4 is 0 Å². The Kier molecular flexibility index (Phi) is 4.04. The van der Waals surface area contributed by atoms with Gasteiger partial charge >= 0.3 is 6.09 Å². The summed E-state index contributed by atoms with van der Waals surface area (Å²) in [7, 11) is 1.78. The summed E-state index contributed by atoms with van der Waals surface area (Å²) in [6.45, 7) is 10.7. The van der Waals surface area contributed by atoms with Gasteiger partial charge in [-0.05, 0) is 53.4 Å². The molecule has 0 radical (unpaired) electrons. The Bertz CT molecular complexity index is 510. The summed E-state index contributed by atoms with van der Waals surface area (Å²) in [5.41, 5.74) is 0.0893. The topological polar surface area (TPSA) is 47.4 Å². The Hall–Kier alpha value is -1.52. The Labute approximate surface area is 127 Å². The van der Waals surface area contributed by atoms with Gasteiger partial charge in [-0.2, -0.15) is 0 Å². The second kappa shape index (κ2) is 5.35. The molecule has 0 spiro atoms. The van der Waals surface area contributed by atoms with E-state index in [-0.39, 0.29) is 6.09 Å². The average Bonchev–Trinajstić information content (AvgIpc) is 3.01. The Morgan fingerprint density at radius 3 is 2.52 bits per heavy atom. The van der Waals surface area contributed by atoms with Crippen molar-refractivity contribution in [2.75, 3.05) is 7.05 Å². The van der Waals surface area contributed by atoms with Crippen molar-refractivity contribution < 1.29 is 9.53 Å². The summed E-state index contributed by atoms with van der Waals surface area (Å²) in [6.07, 6.45) is 5.98. The quantitative estimate of drug-likeness (QED) is 0.855. The van der Waals surface area contributed by atoms with E-state index in [0.29, 0.717) is 0 Å². The van der Waals surface area contributed by atoms with Crippen LogP contribution in [0.3, 0.4) is 0 Å². The van der Waals surface area contributed by atoms with Crippen LogP contribution in [0.25, 0.3) is 0 Å². The lowest BCUT2D eigenvalue weighted by molar-refractivity contribution is 0.00911. The van der Waals surface area contributed by atoms with Gasteiger partial charge in [0.1, 0.15) is 5.60 Å². The molecule has 1 aliphatic rings. The van der Waals surface area contributed by atoms with E-state index in [1.54, 1.807) is 11.9 Å². The predicted octanol–water partition coefficient (Wildman–Crippen LogP) is 3.40. The molecule has 0 aliphatic heterocycles. The van der Waals surface area contributed by atoms with Crippen molar-refractivity contribution in [3.8, 4) is 0 Å². The molecule has 1 aromatic rings. The number of rotatable bonds is 4. The molecule has 118 valence electrons. The number of amides is 1. The maximum atomic E-state index is 12.3. The van der Waals surface area contributed by atoms with Gasteiger partial charge in [-0.1, -0.05) is 0 Å². The van der Waals surface area contributed by atoms with Crippen molar-refractivity contribution in [1.29, 1.82) is 0 Å². The van der Waals surface area contributed by atoms with E-state index in [4.69, 9.17) is 4.74 Å². The highest BCUT2D eigenvalue weighted by molar-refractivity contribution is 5.69. The first-order valence-corrected chi connectivity index (χ1v) is 7.58. The van der Waals surface area contributed by atoms with Crippen molar-refractivity contribution in [3.05, 3.63) is 18.2 Å². The van der Waals surface area contributed by atoms with E-state index in [1.165, 1.54) is 12.8 Å². The smallest absolute Gasteiger partial charge is 0.410 e. The molecule has 1 amide bonds. The zero-order valence-electron chi connectivity index (χ0n) is 14.0. The van der Waals surface area contributed by atoms with Crippen molar-refractivity contribution >= 4 is 6.09 Å². The molecule has 21 heavy (non-hydrogen) atoms. The Balaban J connectivity index is 2.16. The number of aromatic nitrogens is 2. The van der Waals surface area contributed by atoms with Crippen LogP contribution in [-0.2, 0) is 16.8 Å². The first-order chi connectivity index (χ1) is 9.61. The van der Waals surface area contributed by atoms with Gasteiger partial charge < -0.3 is 14.2 Å². The highest BCUT2D eigenvalue weighted by atomic mass is 16.6. The first-order valence-electron chi connectivity index (χ1n) is 7.58. The Morgan fingerprint density at radius 2 is 2.00 bits per heavy atom. The number of imidazole rings is 1. The van der Waals surface area contributed by atoms with Crippen LogP contribution in [0, 0.1) is 5.92 Å². The molecule has 0 bridgehead atoms. The molecule has 1 heterocycles. The number of carbonyl (C=O) groups is 1. The lowest BCUT2D eigenvalue weighted by atomic mass is 9.99. The molecule has 1 aliphatic carbocycles. The van der Waals surface area contributed by atoms with E-state index in [2.05, 4.69) is 9.55 Å². The van der Waals surface area contributed by atoms with Crippen molar-refractivity contribution in [2.24, 2.45) is 5.92 Å². The van der Waals surface area contributed by atoms with Gasteiger partial charge in [-0.15, -0.1) is 0 Å². The van der Waals surface area contributed by atoms with Gasteiger partial charge in [-0.25, -0.2) is 9.78 Å². The highest BCUT2D eigenvalue weighted by Crippen LogP contribution is 2.34. The van der Waals surface area contributed by atoms with Gasteiger partial charge in [0, 0.05) is 13.6 Å². The van der Waals surface area contributed by atoms with Crippen molar-refractivity contribution in [2.45, 2.75) is 65.1 Å². The normalized spacial score (nSPS) is 15.9. The maximum Gasteiger partial charge on any atom is 0.410 e. The predicted molar refractivity (Wildman–Crippen MR) is 82.0 cm³/mol. The van der Waals surface area contributed by atoms with Gasteiger partial charge in [0.15, 0.2) is 0 Å². The molecule has 0 unspecified atom stereocenters. The number of hydrogen-bond donors (Lipinski definition) is 0.